The predicted molar refractivity (Wildman–Crippen MR) is 70.3 cm³/mol. The number of halogens is 3. The molecule has 5 nitrogen and oxygen atoms in total. The monoisotopic (exact) mass is 299 g/mol. The molecule has 8 heteroatoms. The maximum absolute atomic E-state index is 12.9. The molecule has 0 radical (unpaired) electrons. The maximum Gasteiger partial charge on any atom is 0.418 e. The van der Waals surface area contributed by atoms with Crippen molar-refractivity contribution in [1.29, 1.82) is 0 Å². The first-order valence-electron chi connectivity index (χ1n) is 5.92. The molecule has 0 aliphatic carbocycles. The molecule has 0 spiro atoms. The number of aromatic amines is 1. The second kappa shape index (κ2) is 5.96. The first-order valence-corrected chi connectivity index (χ1v) is 5.92. The zero-order valence-corrected chi connectivity index (χ0v) is 11.0. The number of alkyl halides is 3. The Morgan fingerprint density at radius 1 is 1.33 bits per heavy atom. The first-order chi connectivity index (χ1) is 9.90. The van der Waals surface area contributed by atoms with E-state index in [1.165, 1.54) is 31.4 Å². The average Bonchev–Trinajstić information content (AvgIpc) is 2.37. The van der Waals surface area contributed by atoms with Gasteiger partial charge in [0.2, 0.25) is 5.95 Å². The molecule has 2 rings (SSSR count). The minimum Gasteiger partial charge on any atom is -0.378 e. The van der Waals surface area contributed by atoms with Gasteiger partial charge in [0.1, 0.15) is 0 Å². The number of hydrogen-bond donors (Lipinski definition) is 2. The van der Waals surface area contributed by atoms with Gasteiger partial charge in [0.05, 0.1) is 23.6 Å². The lowest BCUT2D eigenvalue weighted by molar-refractivity contribution is -0.136. The standard InChI is InChI=1S/C13H12F3N3O2/c1-21-7-8-6-11(20)19-12(17-8)18-10-5-3-2-4-9(10)13(14,15)16/h2-6H,7H2,1H3,(H2,17,18,19,20). The molecule has 0 aliphatic rings. The summed E-state index contributed by atoms with van der Waals surface area (Å²) < 4.78 is 43.5. The molecule has 112 valence electrons. The zero-order valence-electron chi connectivity index (χ0n) is 11.0. The van der Waals surface area contributed by atoms with Crippen LogP contribution in [-0.4, -0.2) is 17.1 Å². The molecule has 1 heterocycles. The lowest BCUT2D eigenvalue weighted by atomic mass is 10.1. The summed E-state index contributed by atoms with van der Waals surface area (Å²) in [6.45, 7) is 0.0829. The summed E-state index contributed by atoms with van der Waals surface area (Å²) in [6, 6.07) is 6.15. The molecule has 1 aromatic carbocycles. The minimum absolute atomic E-state index is 0.0775. The molecule has 0 aliphatic heterocycles. The maximum atomic E-state index is 12.9. The molecule has 0 fully saturated rings. The van der Waals surface area contributed by atoms with E-state index in [1.807, 2.05) is 0 Å². The van der Waals surface area contributed by atoms with Crippen molar-refractivity contribution in [3.05, 3.63) is 51.9 Å². The van der Waals surface area contributed by atoms with Crippen molar-refractivity contribution in [2.75, 3.05) is 12.4 Å². The number of rotatable bonds is 4. The normalized spacial score (nSPS) is 11.4. The summed E-state index contributed by atoms with van der Waals surface area (Å²) in [7, 11) is 1.43. The molecule has 0 saturated carbocycles. The fraction of sp³-hybridized carbons (Fsp3) is 0.231. The van der Waals surface area contributed by atoms with Crippen LogP contribution in [0.5, 0.6) is 0 Å². The number of H-pyrrole nitrogens is 1. The Labute approximate surface area is 117 Å². The van der Waals surface area contributed by atoms with E-state index in [9.17, 15) is 18.0 Å². The third kappa shape index (κ3) is 3.82. The molecular formula is C13H12F3N3O2. The number of methoxy groups -OCH3 is 1. The van der Waals surface area contributed by atoms with Crippen molar-refractivity contribution in [2.24, 2.45) is 0 Å². The predicted octanol–water partition coefficient (Wildman–Crippen LogP) is 2.68. The van der Waals surface area contributed by atoms with Crippen LogP contribution in [0, 0.1) is 0 Å². The van der Waals surface area contributed by atoms with Gasteiger partial charge in [0.15, 0.2) is 0 Å². The Morgan fingerprint density at radius 2 is 2.05 bits per heavy atom. The van der Waals surface area contributed by atoms with Crippen LogP contribution < -0.4 is 10.9 Å². The van der Waals surface area contributed by atoms with Gasteiger partial charge in [-0.15, -0.1) is 0 Å². The molecule has 2 aromatic rings. The highest BCUT2D eigenvalue weighted by Gasteiger charge is 2.33. The smallest absolute Gasteiger partial charge is 0.378 e. The number of benzene rings is 1. The summed E-state index contributed by atoms with van der Waals surface area (Å²) in [5.74, 6) is -0.0775. The Balaban J connectivity index is 2.37. The molecule has 2 N–H and O–H groups in total. The van der Waals surface area contributed by atoms with Crippen LogP contribution in [0.15, 0.2) is 35.1 Å². The number of aromatic nitrogens is 2. The SMILES string of the molecule is COCc1cc(=O)[nH]c(Nc2ccccc2C(F)(F)F)n1. The van der Waals surface area contributed by atoms with Crippen LogP contribution in [0.3, 0.4) is 0 Å². The Kier molecular flexibility index (Phi) is 4.27. The molecule has 0 amide bonds. The second-order valence-corrected chi connectivity index (χ2v) is 4.19. The number of anilines is 2. The van der Waals surface area contributed by atoms with Crippen molar-refractivity contribution in [3.8, 4) is 0 Å². The fourth-order valence-electron chi connectivity index (χ4n) is 1.76. The highest BCUT2D eigenvalue weighted by Crippen LogP contribution is 2.35. The highest BCUT2D eigenvalue weighted by atomic mass is 19.4. The van der Waals surface area contributed by atoms with Crippen molar-refractivity contribution < 1.29 is 17.9 Å². The van der Waals surface area contributed by atoms with Crippen molar-refractivity contribution in [1.82, 2.24) is 9.97 Å². The summed E-state index contributed by atoms with van der Waals surface area (Å²) >= 11 is 0. The Bertz CT molecular complexity index is 683. The van der Waals surface area contributed by atoms with Crippen molar-refractivity contribution >= 4 is 11.6 Å². The molecule has 0 bridgehead atoms. The van der Waals surface area contributed by atoms with E-state index >= 15 is 0 Å². The van der Waals surface area contributed by atoms with Crippen molar-refractivity contribution in [3.63, 3.8) is 0 Å². The van der Waals surface area contributed by atoms with Gasteiger partial charge in [-0.1, -0.05) is 12.1 Å². The second-order valence-electron chi connectivity index (χ2n) is 4.19. The molecule has 0 saturated heterocycles. The van der Waals surface area contributed by atoms with Gasteiger partial charge in [0.25, 0.3) is 5.56 Å². The lowest BCUT2D eigenvalue weighted by Crippen LogP contribution is -2.14. The van der Waals surface area contributed by atoms with Crippen LogP contribution >= 0.6 is 0 Å². The van der Waals surface area contributed by atoms with Gasteiger partial charge in [-0.2, -0.15) is 13.2 Å². The topological polar surface area (TPSA) is 67.0 Å². The van der Waals surface area contributed by atoms with Crippen LogP contribution in [0.1, 0.15) is 11.3 Å². The van der Waals surface area contributed by atoms with E-state index < -0.39 is 17.3 Å². The van der Waals surface area contributed by atoms with E-state index in [2.05, 4.69) is 15.3 Å². The summed E-state index contributed by atoms with van der Waals surface area (Å²) in [4.78, 5) is 17.8. The van der Waals surface area contributed by atoms with Gasteiger partial charge >= 0.3 is 6.18 Å². The summed E-state index contributed by atoms with van der Waals surface area (Å²) in [6.07, 6.45) is -4.51. The molecule has 21 heavy (non-hydrogen) atoms. The van der Waals surface area contributed by atoms with E-state index in [0.717, 1.165) is 6.07 Å². The van der Waals surface area contributed by atoms with E-state index in [1.54, 1.807) is 0 Å². The third-order valence-electron chi connectivity index (χ3n) is 2.57. The number of nitrogens with zero attached hydrogens (tertiary/aromatic N) is 1. The number of ether oxygens (including phenoxy) is 1. The van der Waals surface area contributed by atoms with E-state index in [4.69, 9.17) is 4.74 Å². The minimum atomic E-state index is -4.51. The largest absolute Gasteiger partial charge is 0.418 e. The van der Waals surface area contributed by atoms with Gasteiger partial charge in [-0.05, 0) is 12.1 Å². The number of para-hydroxylation sites is 1. The highest BCUT2D eigenvalue weighted by molar-refractivity contribution is 5.59. The van der Waals surface area contributed by atoms with Crippen molar-refractivity contribution in [2.45, 2.75) is 12.8 Å². The number of nitrogens with one attached hydrogen (secondary N) is 2. The van der Waals surface area contributed by atoms with Crippen LogP contribution in [0.25, 0.3) is 0 Å². The molecule has 1 aromatic heterocycles. The van der Waals surface area contributed by atoms with Crippen LogP contribution in [-0.2, 0) is 17.5 Å². The van der Waals surface area contributed by atoms with Crippen LogP contribution in [0.4, 0.5) is 24.8 Å². The summed E-state index contributed by atoms with van der Waals surface area (Å²) in [5.41, 5.74) is -1.20. The zero-order chi connectivity index (χ0) is 15.5. The van der Waals surface area contributed by atoms with E-state index in [-0.39, 0.29) is 18.2 Å². The van der Waals surface area contributed by atoms with E-state index in [0.29, 0.717) is 5.69 Å². The quantitative estimate of drug-likeness (QED) is 0.911. The fourth-order valence-corrected chi connectivity index (χ4v) is 1.76. The molecule has 0 unspecified atom stereocenters. The first kappa shape index (κ1) is 15.0. The van der Waals surface area contributed by atoms with Gasteiger partial charge in [0, 0.05) is 13.2 Å². The molecule has 0 atom stereocenters. The third-order valence-corrected chi connectivity index (χ3v) is 2.57. The van der Waals surface area contributed by atoms with Gasteiger partial charge in [-0.3, -0.25) is 9.78 Å². The van der Waals surface area contributed by atoms with Crippen LogP contribution in [0.2, 0.25) is 0 Å². The Morgan fingerprint density at radius 3 is 2.71 bits per heavy atom. The van der Waals surface area contributed by atoms with Gasteiger partial charge in [-0.25, -0.2) is 4.98 Å². The van der Waals surface area contributed by atoms with Gasteiger partial charge < -0.3 is 10.1 Å². The summed E-state index contributed by atoms with van der Waals surface area (Å²) in [5, 5.41) is 2.48. The average molecular weight is 299 g/mol. The molecular weight excluding hydrogens is 287 g/mol. The lowest BCUT2D eigenvalue weighted by Gasteiger charge is -2.13. The Hall–Kier alpha value is -2.35. The number of hydrogen-bond acceptors (Lipinski definition) is 4.